The van der Waals surface area contributed by atoms with Crippen LogP contribution in [0.4, 0.5) is 5.69 Å². The van der Waals surface area contributed by atoms with Crippen LogP contribution in [0, 0.1) is 0 Å². The van der Waals surface area contributed by atoms with E-state index < -0.39 is 15.3 Å². The summed E-state index contributed by atoms with van der Waals surface area (Å²) in [5.41, 5.74) is 3.86. The number of rotatable bonds is 8. The summed E-state index contributed by atoms with van der Waals surface area (Å²) in [6.07, 6.45) is 0. The van der Waals surface area contributed by atoms with Gasteiger partial charge in [0.1, 0.15) is 10.6 Å². The predicted molar refractivity (Wildman–Crippen MR) is 136 cm³/mol. The van der Waals surface area contributed by atoms with Crippen LogP contribution in [0.3, 0.4) is 0 Å². The van der Waals surface area contributed by atoms with Gasteiger partial charge in [-0.15, -0.1) is 0 Å². The molecular formula is C26H33N3O4S. The summed E-state index contributed by atoms with van der Waals surface area (Å²) in [5, 5.41) is 3.96. The number of hydrogen-bond acceptors (Lipinski definition) is 6. The maximum atomic E-state index is 13.8. The predicted octanol–water partition coefficient (Wildman–Crippen LogP) is 4.20. The van der Waals surface area contributed by atoms with Gasteiger partial charge in [-0.05, 0) is 42.9 Å². The third-order valence-corrected chi connectivity index (χ3v) is 8.78. The van der Waals surface area contributed by atoms with Crippen LogP contribution in [0.1, 0.15) is 54.9 Å². The monoisotopic (exact) mass is 483 g/mol. The first-order chi connectivity index (χ1) is 16.1. The Morgan fingerprint density at radius 3 is 2.44 bits per heavy atom. The normalized spacial score (nSPS) is 14.9. The van der Waals surface area contributed by atoms with Gasteiger partial charge >= 0.3 is 0 Å². The van der Waals surface area contributed by atoms with Crippen molar-refractivity contribution in [3.05, 3.63) is 52.7 Å². The van der Waals surface area contributed by atoms with Gasteiger partial charge in [0.05, 0.1) is 18.4 Å². The van der Waals surface area contributed by atoms with Crippen molar-refractivity contribution >= 4 is 32.2 Å². The molecule has 182 valence electrons. The van der Waals surface area contributed by atoms with E-state index in [0.717, 1.165) is 40.9 Å². The molecular weight excluding hydrogens is 450 g/mol. The van der Waals surface area contributed by atoms with Gasteiger partial charge in [-0.2, -0.15) is 0 Å². The minimum absolute atomic E-state index is 0.0352. The van der Waals surface area contributed by atoms with Crippen LogP contribution < -0.4 is 10.1 Å². The van der Waals surface area contributed by atoms with Crippen LogP contribution in [0.5, 0.6) is 5.75 Å². The molecule has 0 spiro atoms. The maximum Gasteiger partial charge on any atom is 0.195 e. The third-order valence-electron chi connectivity index (χ3n) is 7.07. The first-order valence-corrected chi connectivity index (χ1v) is 13.3. The van der Waals surface area contributed by atoms with Gasteiger partial charge in [0, 0.05) is 46.9 Å². The van der Waals surface area contributed by atoms with Crippen molar-refractivity contribution in [1.29, 1.82) is 0 Å². The molecule has 0 fully saturated rings. The smallest absolute Gasteiger partial charge is 0.195 e. The van der Waals surface area contributed by atoms with Crippen LogP contribution in [0.25, 0.3) is 10.9 Å². The van der Waals surface area contributed by atoms with Crippen molar-refractivity contribution < 1.29 is 17.9 Å². The number of carbonyl (C=O) groups is 1. The van der Waals surface area contributed by atoms with E-state index in [1.807, 2.05) is 52.9 Å². The molecule has 0 atom stereocenters. The molecule has 2 N–H and O–H groups in total. The second-order valence-corrected chi connectivity index (χ2v) is 11.3. The molecule has 2 aromatic carbocycles. The molecule has 0 amide bonds. The van der Waals surface area contributed by atoms with Gasteiger partial charge < -0.3 is 19.9 Å². The Morgan fingerprint density at radius 2 is 1.82 bits per heavy atom. The van der Waals surface area contributed by atoms with Crippen molar-refractivity contribution in [3.63, 3.8) is 0 Å². The van der Waals surface area contributed by atoms with Crippen LogP contribution in [0.2, 0.25) is 0 Å². The van der Waals surface area contributed by atoms with Gasteiger partial charge in [-0.3, -0.25) is 4.79 Å². The zero-order valence-electron chi connectivity index (χ0n) is 20.7. The van der Waals surface area contributed by atoms with E-state index in [4.69, 9.17) is 4.74 Å². The molecule has 0 radical (unpaired) electrons. The minimum atomic E-state index is -3.66. The van der Waals surface area contributed by atoms with E-state index >= 15 is 0 Å². The van der Waals surface area contributed by atoms with Gasteiger partial charge in [-0.1, -0.05) is 33.8 Å². The summed E-state index contributed by atoms with van der Waals surface area (Å²) in [4.78, 5) is 19.4. The molecule has 8 heteroatoms. The maximum absolute atomic E-state index is 13.8. The van der Waals surface area contributed by atoms with Gasteiger partial charge in [-0.25, -0.2) is 8.42 Å². The van der Waals surface area contributed by atoms with Crippen molar-refractivity contribution in [2.75, 3.05) is 44.9 Å². The van der Waals surface area contributed by atoms with Gasteiger partial charge in [0.2, 0.25) is 0 Å². The first-order valence-electron chi connectivity index (χ1n) is 11.6. The van der Waals surface area contributed by atoms with E-state index in [0.29, 0.717) is 17.7 Å². The SMILES string of the molecule is CCN(CC)CCS(=O)(=O)c1cc2c(cc1OC)C(C)(C)c1[nH]c3cc(NC)ccc3c1C2=O. The molecule has 1 aliphatic rings. The van der Waals surface area contributed by atoms with E-state index in [1.54, 1.807) is 6.07 Å². The number of nitrogens with zero attached hydrogens (tertiary/aromatic N) is 1. The lowest BCUT2D eigenvalue weighted by Crippen LogP contribution is -2.31. The molecule has 1 heterocycles. The molecule has 1 aromatic heterocycles. The number of carbonyl (C=O) groups excluding carboxylic acids is 1. The highest BCUT2D eigenvalue weighted by molar-refractivity contribution is 7.91. The summed E-state index contributed by atoms with van der Waals surface area (Å²) in [6.45, 7) is 10.1. The topological polar surface area (TPSA) is 91.5 Å². The zero-order chi connectivity index (χ0) is 24.8. The number of aromatic amines is 1. The van der Waals surface area contributed by atoms with Crippen LogP contribution in [-0.4, -0.2) is 63.6 Å². The zero-order valence-corrected chi connectivity index (χ0v) is 21.5. The molecule has 0 saturated heterocycles. The highest BCUT2D eigenvalue weighted by Gasteiger charge is 2.41. The van der Waals surface area contributed by atoms with Crippen LogP contribution in [-0.2, 0) is 15.3 Å². The highest BCUT2D eigenvalue weighted by atomic mass is 32.2. The Balaban J connectivity index is 1.88. The molecule has 0 unspecified atom stereocenters. The quantitative estimate of drug-likeness (QED) is 0.499. The Labute approximate surface area is 201 Å². The second-order valence-electron chi connectivity index (χ2n) is 9.23. The van der Waals surface area contributed by atoms with Crippen molar-refractivity contribution in [2.24, 2.45) is 0 Å². The number of sulfone groups is 1. The Hall–Kier alpha value is -2.84. The molecule has 0 saturated carbocycles. The molecule has 0 bridgehead atoms. The number of methoxy groups -OCH3 is 1. The third kappa shape index (κ3) is 3.79. The fourth-order valence-electron chi connectivity index (χ4n) is 4.89. The molecule has 3 aromatic rings. The average Bonchev–Trinajstić information content (AvgIpc) is 3.22. The summed E-state index contributed by atoms with van der Waals surface area (Å²) < 4.78 is 32.2. The van der Waals surface area contributed by atoms with Crippen LogP contribution in [0.15, 0.2) is 35.2 Å². The fraction of sp³-hybridized carbons (Fsp3) is 0.423. The van der Waals surface area contributed by atoms with Crippen molar-refractivity contribution in [1.82, 2.24) is 9.88 Å². The average molecular weight is 484 g/mol. The number of ketones is 1. The summed E-state index contributed by atoms with van der Waals surface area (Å²) in [7, 11) is -0.344. The summed E-state index contributed by atoms with van der Waals surface area (Å²) in [6, 6.07) is 9.10. The van der Waals surface area contributed by atoms with Crippen molar-refractivity contribution in [2.45, 2.75) is 38.0 Å². The van der Waals surface area contributed by atoms with E-state index in [1.165, 1.54) is 13.2 Å². The second kappa shape index (κ2) is 8.74. The van der Waals surface area contributed by atoms with E-state index in [9.17, 15) is 13.2 Å². The fourth-order valence-corrected chi connectivity index (χ4v) is 6.36. The first kappa shape index (κ1) is 24.3. The highest BCUT2D eigenvalue weighted by Crippen LogP contribution is 2.46. The van der Waals surface area contributed by atoms with Gasteiger partial charge in [0.25, 0.3) is 0 Å². The number of benzene rings is 2. The lowest BCUT2D eigenvalue weighted by Gasteiger charge is -2.33. The van der Waals surface area contributed by atoms with E-state index in [2.05, 4.69) is 15.2 Å². The standard InChI is InChI=1S/C26H33N3O4S/c1-7-29(8-2)11-12-34(31,32)22-14-18-19(15-21(22)33-6)26(3,4)25-23(24(18)30)17-10-9-16(27-5)13-20(17)28-25/h9-10,13-15,27-28H,7-8,11-12H2,1-6H3. The molecule has 1 aliphatic carbocycles. The minimum Gasteiger partial charge on any atom is -0.495 e. The molecule has 0 aliphatic heterocycles. The number of H-pyrrole nitrogens is 1. The summed E-state index contributed by atoms with van der Waals surface area (Å²) >= 11 is 0. The van der Waals surface area contributed by atoms with E-state index in [-0.39, 0.29) is 22.2 Å². The number of fused-ring (bicyclic) bond motifs is 4. The Morgan fingerprint density at radius 1 is 1.12 bits per heavy atom. The number of aromatic nitrogens is 1. The lowest BCUT2D eigenvalue weighted by atomic mass is 9.71. The molecule has 4 rings (SSSR count). The Kier molecular flexibility index (Phi) is 6.25. The number of ether oxygens (including phenoxy) is 1. The number of anilines is 1. The van der Waals surface area contributed by atoms with Crippen molar-refractivity contribution in [3.8, 4) is 5.75 Å². The number of nitrogens with one attached hydrogen (secondary N) is 2. The lowest BCUT2D eigenvalue weighted by molar-refractivity contribution is 0.103. The Bertz CT molecular complexity index is 1370. The van der Waals surface area contributed by atoms with Gasteiger partial charge in [0.15, 0.2) is 15.6 Å². The molecule has 34 heavy (non-hydrogen) atoms. The summed E-state index contributed by atoms with van der Waals surface area (Å²) in [5.74, 6) is 0.0684. The molecule has 7 nitrogen and oxygen atoms in total. The number of hydrogen-bond donors (Lipinski definition) is 2. The van der Waals surface area contributed by atoms with Crippen LogP contribution >= 0.6 is 0 Å². The largest absolute Gasteiger partial charge is 0.495 e.